The minimum atomic E-state index is 0.178. The molecule has 84 valence electrons. The van der Waals surface area contributed by atoms with Crippen LogP contribution in [0.4, 0.5) is 0 Å². The lowest BCUT2D eigenvalue weighted by atomic mass is 9.94. The highest BCUT2D eigenvalue weighted by molar-refractivity contribution is 7.09. The molecule has 2 rings (SSSR count). The van der Waals surface area contributed by atoms with Gasteiger partial charge in [0.2, 0.25) is 0 Å². The molecule has 0 bridgehead atoms. The lowest BCUT2D eigenvalue weighted by molar-refractivity contribution is 0.0890. The zero-order valence-corrected chi connectivity index (χ0v) is 10.3. The molecule has 1 fully saturated rings. The molecule has 0 spiro atoms. The average Bonchev–Trinajstić information content (AvgIpc) is 2.79. The van der Waals surface area contributed by atoms with Gasteiger partial charge in [0.1, 0.15) is 0 Å². The second-order valence-corrected chi connectivity index (χ2v) is 5.47. The molecule has 1 saturated heterocycles. The standard InChI is InChI=1S/C12H19NOS/c1-10-12(2,6-8-14-10)13-7-5-11-4-3-9-15-11/h3-4,9-10,13H,5-8H2,1-2H3. The third kappa shape index (κ3) is 2.60. The molecule has 0 radical (unpaired) electrons. The maximum atomic E-state index is 5.60. The van der Waals surface area contributed by atoms with E-state index in [4.69, 9.17) is 4.74 Å². The van der Waals surface area contributed by atoms with E-state index in [1.54, 1.807) is 0 Å². The largest absolute Gasteiger partial charge is 0.377 e. The molecule has 0 saturated carbocycles. The minimum Gasteiger partial charge on any atom is -0.377 e. The van der Waals surface area contributed by atoms with Gasteiger partial charge in [0, 0.05) is 23.6 Å². The highest BCUT2D eigenvalue weighted by Crippen LogP contribution is 2.24. The Kier molecular flexibility index (Phi) is 3.44. The molecule has 0 aliphatic carbocycles. The first kappa shape index (κ1) is 11.1. The van der Waals surface area contributed by atoms with Gasteiger partial charge in [-0.3, -0.25) is 0 Å². The van der Waals surface area contributed by atoms with Crippen LogP contribution in [0, 0.1) is 0 Å². The highest BCUT2D eigenvalue weighted by Gasteiger charge is 2.35. The van der Waals surface area contributed by atoms with E-state index in [0.717, 1.165) is 26.0 Å². The summed E-state index contributed by atoms with van der Waals surface area (Å²) >= 11 is 1.83. The summed E-state index contributed by atoms with van der Waals surface area (Å²) in [4.78, 5) is 1.46. The van der Waals surface area contributed by atoms with Crippen LogP contribution in [0.25, 0.3) is 0 Å². The first-order valence-electron chi connectivity index (χ1n) is 5.60. The SMILES string of the molecule is CC1OCCC1(C)NCCc1cccs1. The van der Waals surface area contributed by atoms with Crippen molar-refractivity contribution in [2.24, 2.45) is 0 Å². The van der Waals surface area contributed by atoms with E-state index in [1.165, 1.54) is 4.88 Å². The van der Waals surface area contributed by atoms with E-state index in [-0.39, 0.29) is 5.54 Å². The monoisotopic (exact) mass is 225 g/mol. The summed E-state index contributed by atoms with van der Waals surface area (Å²) in [7, 11) is 0. The lowest BCUT2D eigenvalue weighted by Crippen LogP contribution is -2.48. The Morgan fingerprint density at radius 1 is 1.67 bits per heavy atom. The molecule has 3 heteroatoms. The van der Waals surface area contributed by atoms with Gasteiger partial charge in [0.25, 0.3) is 0 Å². The molecule has 2 unspecified atom stereocenters. The van der Waals surface area contributed by atoms with Gasteiger partial charge >= 0.3 is 0 Å². The van der Waals surface area contributed by atoms with Crippen molar-refractivity contribution in [3.63, 3.8) is 0 Å². The Balaban J connectivity index is 1.78. The molecule has 2 heterocycles. The predicted molar refractivity (Wildman–Crippen MR) is 64.5 cm³/mol. The molecule has 15 heavy (non-hydrogen) atoms. The van der Waals surface area contributed by atoms with E-state index >= 15 is 0 Å². The maximum Gasteiger partial charge on any atom is 0.0726 e. The normalized spacial score (nSPS) is 30.9. The first-order chi connectivity index (χ1) is 7.21. The van der Waals surface area contributed by atoms with Gasteiger partial charge < -0.3 is 10.1 Å². The number of hydrogen-bond acceptors (Lipinski definition) is 3. The number of rotatable bonds is 4. The molecule has 1 aromatic rings. The molecular weight excluding hydrogens is 206 g/mol. The third-order valence-corrected chi connectivity index (χ3v) is 4.30. The fourth-order valence-electron chi connectivity index (χ4n) is 1.99. The van der Waals surface area contributed by atoms with Gasteiger partial charge in [-0.05, 0) is 38.1 Å². The van der Waals surface area contributed by atoms with Crippen molar-refractivity contribution in [1.29, 1.82) is 0 Å². The summed E-state index contributed by atoms with van der Waals surface area (Å²) in [6, 6.07) is 4.31. The predicted octanol–water partition coefficient (Wildman–Crippen LogP) is 2.45. The molecule has 0 amide bonds. The molecule has 1 aliphatic heterocycles. The summed E-state index contributed by atoms with van der Waals surface area (Å²) in [5.41, 5.74) is 0.178. The summed E-state index contributed by atoms with van der Waals surface area (Å²) in [5.74, 6) is 0. The van der Waals surface area contributed by atoms with Gasteiger partial charge in [-0.2, -0.15) is 0 Å². The molecule has 2 nitrogen and oxygen atoms in total. The van der Waals surface area contributed by atoms with Gasteiger partial charge in [-0.15, -0.1) is 11.3 Å². The third-order valence-electron chi connectivity index (χ3n) is 3.37. The van der Waals surface area contributed by atoms with E-state index in [2.05, 4.69) is 36.7 Å². The van der Waals surface area contributed by atoms with Crippen LogP contribution in [-0.4, -0.2) is 24.8 Å². The van der Waals surface area contributed by atoms with E-state index in [0.29, 0.717) is 6.10 Å². The minimum absolute atomic E-state index is 0.178. The van der Waals surface area contributed by atoms with Crippen molar-refractivity contribution in [2.45, 2.75) is 38.3 Å². The Labute approximate surface area is 95.6 Å². The fourth-order valence-corrected chi connectivity index (χ4v) is 2.70. The van der Waals surface area contributed by atoms with Crippen molar-refractivity contribution >= 4 is 11.3 Å². The maximum absolute atomic E-state index is 5.60. The second kappa shape index (κ2) is 4.64. The van der Waals surface area contributed by atoms with Crippen molar-refractivity contribution in [3.8, 4) is 0 Å². The van der Waals surface area contributed by atoms with E-state index in [9.17, 15) is 0 Å². The van der Waals surface area contributed by atoms with Crippen LogP contribution in [0.2, 0.25) is 0 Å². The Morgan fingerprint density at radius 3 is 3.13 bits per heavy atom. The van der Waals surface area contributed by atoms with Crippen LogP contribution >= 0.6 is 11.3 Å². The van der Waals surface area contributed by atoms with Crippen molar-refractivity contribution in [2.75, 3.05) is 13.2 Å². The number of ether oxygens (including phenoxy) is 1. The second-order valence-electron chi connectivity index (χ2n) is 4.44. The van der Waals surface area contributed by atoms with Crippen LogP contribution in [0.5, 0.6) is 0 Å². The van der Waals surface area contributed by atoms with Gasteiger partial charge in [0.15, 0.2) is 0 Å². The smallest absolute Gasteiger partial charge is 0.0726 e. The van der Waals surface area contributed by atoms with Crippen LogP contribution < -0.4 is 5.32 Å². The molecular formula is C12H19NOS. The summed E-state index contributed by atoms with van der Waals surface area (Å²) in [6.07, 6.45) is 2.58. The van der Waals surface area contributed by atoms with Gasteiger partial charge in [-0.25, -0.2) is 0 Å². The molecule has 0 aromatic carbocycles. The Bertz CT molecular complexity index is 299. The zero-order chi connectivity index (χ0) is 10.7. The molecule has 1 aliphatic rings. The number of hydrogen-bond donors (Lipinski definition) is 1. The van der Waals surface area contributed by atoms with Crippen molar-refractivity contribution < 1.29 is 4.74 Å². The van der Waals surface area contributed by atoms with E-state index in [1.807, 2.05) is 11.3 Å². The highest BCUT2D eigenvalue weighted by atomic mass is 32.1. The summed E-state index contributed by atoms with van der Waals surface area (Å²) in [6.45, 7) is 6.36. The van der Waals surface area contributed by atoms with Crippen molar-refractivity contribution in [1.82, 2.24) is 5.32 Å². The average molecular weight is 225 g/mol. The van der Waals surface area contributed by atoms with Crippen LogP contribution in [0.15, 0.2) is 17.5 Å². The summed E-state index contributed by atoms with van der Waals surface area (Å²) in [5, 5.41) is 5.76. The first-order valence-corrected chi connectivity index (χ1v) is 6.48. The van der Waals surface area contributed by atoms with Gasteiger partial charge in [0.05, 0.1) is 6.10 Å². The Morgan fingerprint density at radius 2 is 2.53 bits per heavy atom. The van der Waals surface area contributed by atoms with Crippen LogP contribution in [0.1, 0.15) is 25.1 Å². The fraction of sp³-hybridized carbons (Fsp3) is 0.667. The molecule has 1 N–H and O–H groups in total. The lowest BCUT2D eigenvalue weighted by Gasteiger charge is -2.29. The molecule has 2 atom stereocenters. The number of thiophene rings is 1. The zero-order valence-electron chi connectivity index (χ0n) is 9.45. The van der Waals surface area contributed by atoms with Crippen LogP contribution in [0.3, 0.4) is 0 Å². The summed E-state index contributed by atoms with van der Waals surface area (Å²) < 4.78 is 5.60. The molecule has 1 aromatic heterocycles. The van der Waals surface area contributed by atoms with Gasteiger partial charge in [-0.1, -0.05) is 6.07 Å². The topological polar surface area (TPSA) is 21.3 Å². The number of nitrogens with one attached hydrogen (secondary N) is 1. The van der Waals surface area contributed by atoms with Crippen molar-refractivity contribution in [3.05, 3.63) is 22.4 Å². The quantitative estimate of drug-likeness (QED) is 0.850. The van der Waals surface area contributed by atoms with Crippen LogP contribution in [-0.2, 0) is 11.2 Å². The van der Waals surface area contributed by atoms with E-state index < -0.39 is 0 Å². The Hall–Kier alpha value is -0.380.